The highest BCUT2D eigenvalue weighted by Crippen LogP contribution is 2.46. The molecule has 0 radical (unpaired) electrons. The first-order valence-electron chi connectivity index (χ1n) is 21.3. The standard InChI is InChI=1S/C59H37N3O/c1-4-16-38(17-5-1)39-30-32-40(33-31-39)51-37-52(62-59(61-51)42-20-8-3-9-21-42)45-24-14-22-43(34-45)44-23-15-25-46(35-44)58-49-36-54-57(48-27-11-13-29-53(48)63-54)55(41-18-6-2-7-19-41)56(49)47-26-10-12-28-50(47)60-58/h1-37H. The SMILES string of the molecule is c1ccc(-c2ccc(-c3cc(-c4cccc(-c5cccc(-c6nc7ccccc7c7c(-c8ccccc8)c8c(cc67)oc6ccccc68)c5)c4)nc(-c4ccccc4)n3)cc2)cc1. The van der Waals surface area contributed by atoms with E-state index in [1.54, 1.807) is 0 Å². The van der Waals surface area contributed by atoms with Crippen LogP contribution in [0.15, 0.2) is 229 Å². The lowest BCUT2D eigenvalue weighted by Gasteiger charge is -2.16. The van der Waals surface area contributed by atoms with E-state index in [0.717, 1.165) is 111 Å². The molecule has 3 aromatic heterocycles. The molecule has 294 valence electrons. The topological polar surface area (TPSA) is 51.8 Å². The van der Waals surface area contributed by atoms with Gasteiger partial charge < -0.3 is 4.42 Å². The molecule has 0 bridgehead atoms. The molecule has 0 amide bonds. The summed E-state index contributed by atoms with van der Waals surface area (Å²) in [5.41, 5.74) is 16.1. The fourth-order valence-electron chi connectivity index (χ4n) is 9.06. The van der Waals surface area contributed by atoms with Crippen molar-refractivity contribution in [2.75, 3.05) is 0 Å². The Bertz CT molecular complexity index is 3650. The van der Waals surface area contributed by atoms with Gasteiger partial charge >= 0.3 is 0 Å². The fraction of sp³-hybridized carbons (Fsp3) is 0. The quantitative estimate of drug-likeness (QED) is 0.151. The molecule has 0 saturated carbocycles. The Hall–Kier alpha value is -8.47. The Morgan fingerprint density at radius 1 is 0.286 bits per heavy atom. The number of furan rings is 1. The van der Waals surface area contributed by atoms with Crippen molar-refractivity contribution < 1.29 is 4.42 Å². The van der Waals surface area contributed by atoms with E-state index >= 15 is 0 Å². The molecule has 0 aliphatic heterocycles. The van der Waals surface area contributed by atoms with E-state index in [2.05, 4.69) is 194 Å². The van der Waals surface area contributed by atoms with Gasteiger partial charge in [-0.2, -0.15) is 0 Å². The van der Waals surface area contributed by atoms with Crippen molar-refractivity contribution in [3.63, 3.8) is 0 Å². The van der Waals surface area contributed by atoms with E-state index in [9.17, 15) is 0 Å². The maximum Gasteiger partial charge on any atom is 0.160 e. The van der Waals surface area contributed by atoms with Crippen molar-refractivity contribution in [1.82, 2.24) is 15.0 Å². The van der Waals surface area contributed by atoms with Gasteiger partial charge in [-0.05, 0) is 64.2 Å². The van der Waals surface area contributed by atoms with E-state index < -0.39 is 0 Å². The van der Waals surface area contributed by atoms with Gasteiger partial charge in [0, 0.05) is 54.7 Å². The minimum atomic E-state index is 0.685. The number of rotatable bonds is 7. The molecule has 12 rings (SSSR count). The van der Waals surface area contributed by atoms with Crippen LogP contribution in [0.3, 0.4) is 0 Å². The zero-order valence-electron chi connectivity index (χ0n) is 34.1. The monoisotopic (exact) mass is 803 g/mol. The molecular formula is C59H37N3O. The number of hydrogen-bond donors (Lipinski definition) is 0. The Kier molecular flexibility index (Phi) is 8.79. The molecule has 0 saturated heterocycles. The Morgan fingerprint density at radius 2 is 0.810 bits per heavy atom. The van der Waals surface area contributed by atoms with Gasteiger partial charge in [-0.25, -0.2) is 15.0 Å². The van der Waals surface area contributed by atoms with Crippen LogP contribution in [0.2, 0.25) is 0 Å². The Morgan fingerprint density at radius 3 is 1.54 bits per heavy atom. The maximum atomic E-state index is 6.63. The van der Waals surface area contributed by atoms with Crippen LogP contribution < -0.4 is 0 Å². The summed E-state index contributed by atoms with van der Waals surface area (Å²) in [4.78, 5) is 15.7. The molecular weight excluding hydrogens is 767 g/mol. The molecule has 4 nitrogen and oxygen atoms in total. The van der Waals surface area contributed by atoms with E-state index in [1.165, 1.54) is 5.56 Å². The third-order valence-electron chi connectivity index (χ3n) is 12.1. The van der Waals surface area contributed by atoms with Gasteiger partial charge in [-0.3, -0.25) is 0 Å². The van der Waals surface area contributed by atoms with E-state index in [-0.39, 0.29) is 0 Å². The van der Waals surface area contributed by atoms with Crippen LogP contribution in [-0.2, 0) is 0 Å². The predicted molar refractivity (Wildman–Crippen MR) is 260 cm³/mol. The molecule has 0 fully saturated rings. The lowest BCUT2D eigenvalue weighted by Crippen LogP contribution is -1.96. The van der Waals surface area contributed by atoms with Gasteiger partial charge in [-0.1, -0.05) is 188 Å². The van der Waals surface area contributed by atoms with Gasteiger partial charge in [-0.15, -0.1) is 0 Å². The summed E-state index contributed by atoms with van der Waals surface area (Å²) in [6.07, 6.45) is 0. The van der Waals surface area contributed by atoms with Crippen LogP contribution in [0.4, 0.5) is 0 Å². The van der Waals surface area contributed by atoms with Gasteiger partial charge in [0.2, 0.25) is 0 Å². The zero-order valence-corrected chi connectivity index (χ0v) is 34.1. The van der Waals surface area contributed by atoms with Crippen molar-refractivity contribution in [1.29, 1.82) is 0 Å². The largest absolute Gasteiger partial charge is 0.456 e. The van der Waals surface area contributed by atoms with Crippen LogP contribution >= 0.6 is 0 Å². The molecule has 0 unspecified atom stereocenters. The number of benzene rings is 9. The summed E-state index contributed by atoms with van der Waals surface area (Å²) in [6, 6.07) is 78.5. The minimum Gasteiger partial charge on any atom is -0.456 e. The van der Waals surface area contributed by atoms with Crippen LogP contribution in [0, 0.1) is 0 Å². The first-order chi connectivity index (χ1) is 31.2. The van der Waals surface area contributed by atoms with Gasteiger partial charge in [0.15, 0.2) is 5.82 Å². The average molecular weight is 804 g/mol. The molecule has 12 aromatic rings. The van der Waals surface area contributed by atoms with Crippen LogP contribution in [-0.4, -0.2) is 15.0 Å². The molecule has 63 heavy (non-hydrogen) atoms. The fourth-order valence-corrected chi connectivity index (χ4v) is 9.06. The minimum absolute atomic E-state index is 0.685. The number of para-hydroxylation sites is 2. The number of aromatic nitrogens is 3. The lowest BCUT2D eigenvalue weighted by atomic mass is 9.89. The average Bonchev–Trinajstić information content (AvgIpc) is 3.74. The summed E-state index contributed by atoms with van der Waals surface area (Å²) < 4.78 is 6.63. The summed E-state index contributed by atoms with van der Waals surface area (Å²) in [6.45, 7) is 0. The number of hydrogen-bond acceptors (Lipinski definition) is 4. The molecule has 0 N–H and O–H groups in total. The summed E-state index contributed by atoms with van der Waals surface area (Å²) in [7, 11) is 0. The number of pyridine rings is 1. The van der Waals surface area contributed by atoms with Crippen molar-refractivity contribution >= 4 is 43.6 Å². The van der Waals surface area contributed by atoms with Crippen molar-refractivity contribution in [2.24, 2.45) is 0 Å². The molecule has 4 heteroatoms. The van der Waals surface area contributed by atoms with E-state index in [0.29, 0.717) is 5.82 Å². The molecule has 0 atom stereocenters. The van der Waals surface area contributed by atoms with Crippen LogP contribution in [0.1, 0.15) is 0 Å². The summed E-state index contributed by atoms with van der Waals surface area (Å²) in [5.74, 6) is 0.685. The van der Waals surface area contributed by atoms with Gasteiger partial charge in [0.25, 0.3) is 0 Å². The summed E-state index contributed by atoms with van der Waals surface area (Å²) in [5, 5.41) is 5.53. The first-order valence-corrected chi connectivity index (χ1v) is 21.3. The van der Waals surface area contributed by atoms with Gasteiger partial charge in [0.1, 0.15) is 11.2 Å². The van der Waals surface area contributed by atoms with E-state index in [1.807, 2.05) is 30.3 Å². The third kappa shape index (κ3) is 6.53. The normalized spacial score (nSPS) is 11.5. The predicted octanol–water partition coefficient (Wildman–Crippen LogP) is 15.7. The summed E-state index contributed by atoms with van der Waals surface area (Å²) >= 11 is 0. The van der Waals surface area contributed by atoms with Crippen molar-refractivity contribution in [2.45, 2.75) is 0 Å². The first kappa shape index (κ1) is 36.4. The molecule has 0 aliphatic carbocycles. The smallest absolute Gasteiger partial charge is 0.160 e. The number of nitrogens with zero attached hydrogens (tertiary/aromatic N) is 3. The van der Waals surface area contributed by atoms with Gasteiger partial charge in [0.05, 0.1) is 22.6 Å². The second-order valence-corrected chi connectivity index (χ2v) is 15.9. The number of fused-ring (bicyclic) bond motifs is 6. The molecule has 0 spiro atoms. The maximum absolute atomic E-state index is 6.63. The third-order valence-corrected chi connectivity index (χ3v) is 12.1. The Balaban J connectivity index is 1.00. The van der Waals surface area contributed by atoms with Crippen LogP contribution in [0.25, 0.3) is 122 Å². The highest BCUT2D eigenvalue weighted by Gasteiger charge is 2.22. The second-order valence-electron chi connectivity index (χ2n) is 15.9. The highest BCUT2D eigenvalue weighted by molar-refractivity contribution is 6.27. The highest BCUT2D eigenvalue weighted by atomic mass is 16.3. The van der Waals surface area contributed by atoms with E-state index in [4.69, 9.17) is 19.4 Å². The molecule has 9 aromatic carbocycles. The lowest BCUT2D eigenvalue weighted by molar-refractivity contribution is 0.669. The van der Waals surface area contributed by atoms with Crippen molar-refractivity contribution in [3.05, 3.63) is 224 Å². The van der Waals surface area contributed by atoms with Crippen molar-refractivity contribution in [3.8, 4) is 78.5 Å². The molecule has 0 aliphatic rings. The zero-order chi connectivity index (χ0) is 41.7. The van der Waals surface area contributed by atoms with Crippen LogP contribution in [0.5, 0.6) is 0 Å². The second kappa shape index (κ2) is 15.2. The Labute approximate surface area is 364 Å². The molecule has 3 heterocycles.